The van der Waals surface area contributed by atoms with E-state index >= 15 is 0 Å². The first-order chi connectivity index (χ1) is 22.9. The molecule has 0 aliphatic rings. The number of aldehydes is 1. The smallest absolute Gasteiger partial charge is 0.315 e. The molecule has 0 saturated carbocycles. The molecule has 4 rings (SSSR count). The molecule has 250 valence electrons. The zero-order chi connectivity index (χ0) is 34.7. The number of hydrogen-bond acceptors (Lipinski definition) is 15. The molecule has 48 heavy (non-hydrogen) atoms. The second-order valence-electron chi connectivity index (χ2n) is 9.29. The van der Waals surface area contributed by atoms with Gasteiger partial charge in [0.05, 0.1) is 22.9 Å². The van der Waals surface area contributed by atoms with E-state index in [0.29, 0.717) is 11.8 Å². The maximum atomic E-state index is 14.2. The molecule has 0 aliphatic carbocycles. The van der Waals surface area contributed by atoms with Gasteiger partial charge in [0.15, 0.2) is 27.8 Å². The minimum atomic E-state index is -4.86. The van der Waals surface area contributed by atoms with E-state index < -0.39 is 54.3 Å². The number of benzene rings is 3. The van der Waals surface area contributed by atoms with Crippen molar-refractivity contribution in [1.82, 2.24) is 15.0 Å². The van der Waals surface area contributed by atoms with E-state index in [2.05, 4.69) is 52.9 Å². The summed E-state index contributed by atoms with van der Waals surface area (Å²) in [6.45, 7) is 2.98. The number of rotatable bonds is 15. The number of anilines is 4. The molecule has 1 heterocycles. The molecule has 17 nitrogen and oxygen atoms in total. The molecule has 0 atom stereocenters. The molecule has 1 aromatic heterocycles. The zero-order valence-corrected chi connectivity index (χ0v) is 26.2. The molecular formula is C28H26FN9O8S2. The predicted octanol–water partition coefficient (Wildman–Crippen LogP) is 4.02. The molecule has 20 heteroatoms. The van der Waals surface area contributed by atoms with Crippen LogP contribution < -0.4 is 16.1 Å². The first-order valence-corrected chi connectivity index (χ1v) is 16.6. The topological polar surface area (TPSA) is 247 Å². The highest BCUT2D eigenvalue weighted by molar-refractivity contribution is 7.94. The lowest BCUT2D eigenvalue weighted by Crippen LogP contribution is -2.16. The number of amidine groups is 1. The molecule has 0 saturated heterocycles. The van der Waals surface area contributed by atoms with Gasteiger partial charge in [-0.15, -0.1) is 10.2 Å². The van der Waals surface area contributed by atoms with Crippen LogP contribution in [0.5, 0.6) is 5.75 Å². The van der Waals surface area contributed by atoms with Crippen LogP contribution in [0.2, 0.25) is 0 Å². The van der Waals surface area contributed by atoms with Gasteiger partial charge in [0.25, 0.3) is 10.1 Å². The quantitative estimate of drug-likeness (QED) is 0.0172. The first kappa shape index (κ1) is 35.2. The first-order valence-electron chi connectivity index (χ1n) is 13.4. The second kappa shape index (κ2) is 15.7. The molecule has 0 spiro atoms. The number of carbonyl (C=O) groups excluding carboxylic acids is 1. The summed E-state index contributed by atoms with van der Waals surface area (Å²) in [5.41, 5.74) is 2.67. The highest BCUT2D eigenvalue weighted by Crippen LogP contribution is 2.37. The van der Waals surface area contributed by atoms with Crippen molar-refractivity contribution in [2.45, 2.75) is 4.90 Å². The number of aromatic nitrogens is 3. The van der Waals surface area contributed by atoms with Crippen LogP contribution in [0.15, 0.2) is 98.9 Å². The van der Waals surface area contributed by atoms with Crippen LogP contribution in [0.4, 0.5) is 33.3 Å². The molecule has 4 aromatic rings. The number of aromatic hydroxyl groups is 1. The maximum Gasteiger partial charge on any atom is 0.315 e. The van der Waals surface area contributed by atoms with Crippen molar-refractivity contribution in [2.24, 2.45) is 15.3 Å². The number of nitrogens with one attached hydrogen (secondary N) is 3. The summed E-state index contributed by atoms with van der Waals surface area (Å²) >= 11 is 0. The molecule has 0 radical (unpaired) electrons. The number of ether oxygens (including phenoxy) is 1. The number of halogens is 1. The molecule has 5 N–H and O–H groups in total. The second-order valence-corrected chi connectivity index (χ2v) is 12.6. The Balaban J connectivity index is 1.63. The lowest BCUT2D eigenvalue weighted by Gasteiger charge is -2.13. The summed E-state index contributed by atoms with van der Waals surface area (Å²) < 4.78 is 76.0. The Hall–Kier alpha value is -5.70. The average Bonchev–Trinajstić information content (AvgIpc) is 3.05. The lowest BCUT2D eigenvalue weighted by molar-refractivity contribution is 0.112. The fourth-order valence-electron chi connectivity index (χ4n) is 3.63. The largest absolute Gasteiger partial charge is 0.504 e. The molecule has 0 amide bonds. The van der Waals surface area contributed by atoms with Gasteiger partial charge >= 0.3 is 6.08 Å². The van der Waals surface area contributed by atoms with Crippen LogP contribution in [0.3, 0.4) is 0 Å². The monoisotopic (exact) mass is 699 g/mol. The number of sulfone groups is 1. The summed E-state index contributed by atoms with van der Waals surface area (Å²) in [6.07, 6.45) is -0.668. The van der Waals surface area contributed by atoms with Crippen molar-refractivity contribution in [1.29, 1.82) is 0 Å². The van der Waals surface area contributed by atoms with E-state index in [1.54, 1.807) is 54.6 Å². The third kappa shape index (κ3) is 9.90. The Kier molecular flexibility index (Phi) is 11.5. The minimum absolute atomic E-state index is 0.0487. The van der Waals surface area contributed by atoms with Crippen molar-refractivity contribution in [2.75, 3.05) is 35.1 Å². The van der Waals surface area contributed by atoms with Crippen LogP contribution in [-0.4, -0.2) is 72.7 Å². The SMILES string of the molecule is C=CS(=O)(=O)COCCNc1nc(F)nc(Nc2cc(S(=O)(=O)O)cc(NN=C(N=Nc3ccccc3C=O)c3ccccc3)c2O)n1. The summed E-state index contributed by atoms with van der Waals surface area (Å²) in [5.74, 6) is -2.14. The normalized spacial score (nSPS) is 12.1. The Morgan fingerprint density at radius 1 is 0.979 bits per heavy atom. The number of hydrazone groups is 1. The van der Waals surface area contributed by atoms with Gasteiger partial charge in [-0.3, -0.25) is 14.8 Å². The van der Waals surface area contributed by atoms with Crippen LogP contribution >= 0.6 is 0 Å². The fourth-order valence-corrected chi connectivity index (χ4v) is 4.61. The Bertz CT molecular complexity index is 2080. The highest BCUT2D eigenvalue weighted by atomic mass is 32.2. The maximum absolute atomic E-state index is 14.2. The Morgan fingerprint density at radius 3 is 2.38 bits per heavy atom. The Morgan fingerprint density at radius 2 is 1.67 bits per heavy atom. The Labute approximate surface area is 273 Å². The minimum Gasteiger partial charge on any atom is -0.504 e. The van der Waals surface area contributed by atoms with Gasteiger partial charge in [-0.05, 0) is 24.3 Å². The van der Waals surface area contributed by atoms with Crippen molar-refractivity contribution in [3.63, 3.8) is 0 Å². The molecule has 0 fully saturated rings. The van der Waals surface area contributed by atoms with Gasteiger partial charge < -0.3 is 20.5 Å². The molecular weight excluding hydrogens is 673 g/mol. The highest BCUT2D eigenvalue weighted by Gasteiger charge is 2.19. The predicted molar refractivity (Wildman–Crippen MR) is 172 cm³/mol. The van der Waals surface area contributed by atoms with Crippen LogP contribution in [0, 0.1) is 6.08 Å². The number of azo groups is 1. The van der Waals surface area contributed by atoms with Gasteiger partial charge in [-0.2, -0.15) is 32.9 Å². The van der Waals surface area contributed by atoms with Crippen LogP contribution in [0.1, 0.15) is 15.9 Å². The number of phenolic OH excluding ortho intramolecular Hbond substituents is 1. The third-order valence-electron chi connectivity index (χ3n) is 5.90. The van der Waals surface area contributed by atoms with E-state index in [-0.39, 0.29) is 41.9 Å². The molecule has 0 bridgehead atoms. The van der Waals surface area contributed by atoms with E-state index in [9.17, 15) is 35.7 Å². The standard InChI is InChI=1S/C28H26FN9O8S2/c1-2-47(41,42)17-46-13-12-30-27-32-26(29)33-28(34-27)31-22-14-20(48(43,44)45)15-23(24(22)40)36-38-25(18-8-4-3-5-9-18)37-35-21-11-7-6-10-19(21)16-39/h2-11,14-16,36,40H,1,12-13,17H2,(H,43,44,45)(H2,30,31,32,33,34). The van der Waals surface area contributed by atoms with Gasteiger partial charge in [0, 0.05) is 23.1 Å². The van der Waals surface area contributed by atoms with E-state index in [4.69, 9.17) is 4.74 Å². The van der Waals surface area contributed by atoms with E-state index in [0.717, 1.165) is 17.5 Å². The average molecular weight is 700 g/mol. The van der Waals surface area contributed by atoms with Crippen molar-refractivity contribution in [3.05, 3.63) is 95.9 Å². The van der Waals surface area contributed by atoms with Crippen molar-refractivity contribution in [3.8, 4) is 5.75 Å². The van der Waals surface area contributed by atoms with Crippen molar-refractivity contribution < 1.29 is 40.4 Å². The van der Waals surface area contributed by atoms with Gasteiger partial charge in [-0.25, -0.2) is 8.42 Å². The third-order valence-corrected chi connectivity index (χ3v) is 7.73. The molecule has 0 unspecified atom stereocenters. The molecule has 3 aromatic carbocycles. The van der Waals surface area contributed by atoms with Crippen molar-refractivity contribution >= 4 is 61.0 Å². The van der Waals surface area contributed by atoms with E-state index in [1.165, 1.54) is 0 Å². The van der Waals surface area contributed by atoms with Gasteiger partial charge in [0.1, 0.15) is 5.69 Å². The lowest BCUT2D eigenvalue weighted by atomic mass is 10.2. The number of nitrogens with zero attached hydrogens (tertiary/aromatic N) is 6. The number of carbonyl (C=O) groups is 1. The number of phenols is 1. The summed E-state index contributed by atoms with van der Waals surface area (Å²) in [7, 11) is -8.46. The van der Waals surface area contributed by atoms with Crippen LogP contribution in [-0.2, 0) is 24.7 Å². The number of hydrogen-bond donors (Lipinski definition) is 5. The summed E-state index contributed by atoms with van der Waals surface area (Å²) in [5, 5.41) is 29.2. The van der Waals surface area contributed by atoms with E-state index in [1.807, 2.05) is 0 Å². The van der Waals surface area contributed by atoms with Gasteiger partial charge in [0.2, 0.25) is 17.7 Å². The fraction of sp³-hybridized carbons (Fsp3) is 0.107. The molecule has 0 aliphatic heterocycles. The summed E-state index contributed by atoms with van der Waals surface area (Å²) in [6, 6.07) is 16.5. The van der Waals surface area contributed by atoms with Gasteiger partial charge in [-0.1, -0.05) is 49.0 Å². The van der Waals surface area contributed by atoms with Crippen LogP contribution in [0.25, 0.3) is 0 Å². The summed E-state index contributed by atoms with van der Waals surface area (Å²) in [4.78, 5) is 21.6. The zero-order valence-electron chi connectivity index (χ0n) is 24.6.